The zero-order valence-electron chi connectivity index (χ0n) is 5.09. The van der Waals surface area contributed by atoms with Crippen LogP contribution in [0.2, 0.25) is 0 Å². The molecule has 0 unspecified atom stereocenters. The molecule has 0 rings (SSSR count). The molecule has 0 aliphatic carbocycles. The van der Waals surface area contributed by atoms with Gasteiger partial charge < -0.3 is 5.73 Å². The fraction of sp³-hybridized carbons (Fsp3) is 0.400. The van der Waals surface area contributed by atoms with Gasteiger partial charge in [-0.05, 0) is 0 Å². The van der Waals surface area contributed by atoms with Gasteiger partial charge in [-0.25, -0.2) is 4.79 Å². The van der Waals surface area contributed by atoms with Gasteiger partial charge in [-0.3, -0.25) is 5.21 Å². The second-order valence-electron chi connectivity index (χ2n) is 1.29. The molecule has 3 N–H and O–H groups in total. The van der Waals surface area contributed by atoms with E-state index in [-0.39, 0.29) is 5.06 Å². The molecule has 0 aromatic rings. The summed E-state index contributed by atoms with van der Waals surface area (Å²) in [5, 5.41) is 8.60. The Morgan fingerprint density at radius 2 is 2.44 bits per heavy atom. The van der Waals surface area contributed by atoms with E-state index in [0.29, 0.717) is 6.42 Å². The van der Waals surface area contributed by atoms with E-state index >= 15 is 0 Å². The SMILES string of the molecule is CCC#CN(O)C(N)=O. The molecular formula is C5H8N2O2. The number of carbonyl (C=O) groups is 1. The first-order valence-corrected chi connectivity index (χ1v) is 2.45. The average Bonchev–Trinajstić information content (AvgIpc) is 1.82. The predicted octanol–water partition coefficient (Wildman–Crippen LogP) is 0.127. The fourth-order valence-electron chi connectivity index (χ4n) is 0.209. The summed E-state index contributed by atoms with van der Waals surface area (Å²) in [5.74, 6) is 2.45. The van der Waals surface area contributed by atoms with Crippen molar-refractivity contribution in [2.75, 3.05) is 0 Å². The summed E-state index contributed by atoms with van der Waals surface area (Å²) in [4.78, 5) is 10.0. The monoisotopic (exact) mass is 128 g/mol. The van der Waals surface area contributed by atoms with Crippen LogP contribution in [-0.2, 0) is 0 Å². The molecule has 0 atom stereocenters. The molecule has 2 amide bonds. The maximum Gasteiger partial charge on any atom is 0.351 e. The van der Waals surface area contributed by atoms with Gasteiger partial charge >= 0.3 is 6.03 Å². The first-order chi connectivity index (χ1) is 4.18. The van der Waals surface area contributed by atoms with Gasteiger partial charge in [0, 0.05) is 12.5 Å². The van der Waals surface area contributed by atoms with Crippen LogP contribution in [-0.4, -0.2) is 16.3 Å². The Hall–Kier alpha value is -1.21. The second-order valence-corrected chi connectivity index (χ2v) is 1.29. The molecular weight excluding hydrogens is 120 g/mol. The van der Waals surface area contributed by atoms with E-state index in [4.69, 9.17) is 5.21 Å². The smallest absolute Gasteiger partial charge is 0.349 e. The molecule has 4 nitrogen and oxygen atoms in total. The van der Waals surface area contributed by atoms with Crippen LogP contribution in [0, 0.1) is 12.0 Å². The third-order valence-corrected chi connectivity index (χ3v) is 0.570. The molecule has 4 heteroatoms. The average molecular weight is 128 g/mol. The number of urea groups is 1. The zero-order valence-corrected chi connectivity index (χ0v) is 5.09. The molecule has 9 heavy (non-hydrogen) atoms. The van der Waals surface area contributed by atoms with Crippen molar-refractivity contribution in [3.8, 4) is 12.0 Å². The van der Waals surface area contributed by atoms with Gasteiger partial charge in [0.2, 0.25) is 0 Å². The first-order valence-electron chi connectivity index (χ1n) is 2.45. The Labute approximate surface area is 53.2 Å². The van der Waals surface area contributed by atoms with Crippen molar-refractivity contribution in [1.82, 2.24) is 5.06 Å². The van der Waals surface area contributed by atoms with Crippen LogP contribution in [0.4, 0.5) is 4.79 Å². The minimum Gasteiger partial charge on any atom is -0.349 e. The molecule has 0 spiro atoms. The Bertz CT molecular complexity index is 156. The number of carbonyl (C=O) groups excluding carboxylic acids is 1. The quantitative estimate of drug-likeness (QED) is 0.211. The fourth-order valence-corrected chi connectivity index (χ4v) is 0.209. The lowest BCUT2D eigenvalue weighted by Gasteiger charge is -1.98. The topological polar surface area (TPSA) is 66.6 Å². The Morgan fingerprint density at radius 1 is 1.89 bits per heavy atom. The van der Waals surface area contributed by atoms with E-state index in [9.17, 15) is 4.79 Å². The van der Waals surface area contributed by atoms with Crippen molar-refractivity contribution in [3.05, 3.63) is 0 Å². The Kier molecular flexibility index (Phi) is 3.25. The molecule has 0 fully saturated rings. The maximum absolute atomic E-state index is 10.0. The minimum atomic E-state index is -0.962. The van der Waals surface area contributed by atoms with E-state index < -0.39 is 6.03 Å². The third-order valence-electron chi connectivity index (χ3n) is 0.570. The number of hydrogen-bond acceptors (Lipinski definition) is 2. The molecule has 0 bridgehead atoms. The van der Waals surface area contributed by atoms with Gasteiger partial charge in [0.15, 0.2) is 0 Å². The van der Waals surface area contributed by atoms with Crippen molar-refractivity contribution in [2.24, 2.45) is 5.73 Å². The van der Waals surface area contributed by atoms with Crippen LogP contribution in [0.15, 0.2) is 0 Å². The summed E-state index contributed by atoms with van der Waals surface area (Å²) in [6.07, 6.45) is 0.574. The van der Waals surface area contributed by atoms with Crippen LogP contribution in [0.25, 0.3) is 0 Å². The van der Waals surface area contributed by atoms with E-state index in [1.54, 1.807) is 6.92 Å². The number of rotatable bonds is 0. The van der Waals surface area contributed by atoms with Crippen molar-refractivity contribution in [1.29, 1.82) is 0 Å². The van der Waals surface area contributed by atoms with Gasteiger partial charge in [0.1, 0.15) is 0 Å². The highest BCUT2D eigenvalue weighted by molar-refractivity contribution is 5.72. The summed E-state index contributed by atoms with van der Waals surface area (Å²) in [6, 6.07) is 1.13. The van der Waals surface area contributed by atoms with Crippen molar-refractivity contribution < 1.29 is 10.0 Å². The molecule has 0 saturated carbocycles. The second kappa shape index (κ2) is 3.75. The van der Waals surface area contributed by atoms with Gasteiger partial charge in [-0.1, -0.05) is 12.8 Å². The third kappa shape index (κ3) is 3.38. The largest absolute Gasteiger partial charge is 0.351 e. The highest BCUT2D eigenvalue weighted by atomic mass is 16.5. The van der Waals surface area contributed by atoms with E-state index in [1.165, 1.54) is 0 Å². The van der Waals surface area contributed by atoms with Gasteiger partial charge in [-0.15, -0.1) is 5.06 Å². The number of nitrogens with zero attached hydrogens (tertiary/aromatic N) is 1. The number of hydrogen-bond donors (Lipinski definition) is 2. The number of nitrogens with two attached hydrogens (primary N) is 1. The van der Waals surface area contributed by atoms with Gasteiger partial charge in [-0.2, -0.15) is 0 Å². The Balaban J connectivity index is 3.75. The van der Waals surface area contributed by atoms with Gasteiger partial charge in [0.25, 0.3) is 0 Å². The van der Waals surface area contributed by atoms with Crippen molar-refractivity contribution in [2.45, 2.75) is 13.3 Å². The lowest BCUT2D eigenvalue weighted by atomic mass is 10.5. The lowest BCUT2D eigenvalue weighted by Crippen LogP contribution is -2.28. The molecule has 0 aliphatic rings. The summed E-state index contributed by atoms with van der Waals surface area (Å²) in [7, 11) is 0. The van der Waals surface area contributed by atoms with Crippen molar-refractivity contribution >= 4 is 6.03 Å². The van der Waals surface area contributed by atoms with Crippen LogP contribution in [0.3, 0.4) is 0 Å². The molecule has 0 heterocycles. The number of hydroxylamine groups is 2. The molecule has 0 aromatic carbocycles. The summed E-state index contributed by atoms with van der Waals surface area (Å²) in [6.45, 7) is 1.79. The standard InChI is InChI=1S/C5H8N2O2/c1-2-3-4-7(9)5(6)8/h9H,2H2,1H3,(H2,6,8). The maximum atomic E-state index is 10.0. The van der Waals surface area contributed by atoms with E-state index in [0.717, 1.165) is 0 Å². The summed E-state index contributed by atoms with van der Waals surface area (Å²) < 4.78 is 0. The highest BCUT2D eigenvalue weighted by Crippen LogP contribution is 1.75. The predicted molar refractivity (Wildman–Crippen MR) is 31.3 cm³/mol. The van der Waals surface area contributed by atoms with Crippen LogP contribution < -0.4 is 5.73 Å². The molecule has 0 radical (unpaired) electrons. The minimum absolute atomic E-state index is 0.156. The molecule has 0 saturated heterocycles. The van der Waals surface area contributed by atoms with Crippen molar-refractivity contribution in [3.63, 3.8) is 0 Å². The zero-order chi connectivity index (χ0) is 7.28. The Morgan fingerprint density at radius 3 is 2.78 bits per heavy atom. The number of amides is 2. The van der Waals surface area contributed by atoms with Gasteiger partial charge in [0.05, 0.1) is 0 Å². The van der Waals surface area contributed by atoms with E-state index in [1.807, 2.05) is 0 Å². The first kappa shape index (κ1) is 7.79. The molecule has 50 valence electrons. The normalized spacial score (nSPS) is 7.33. The van der Waals surface area contributed by atoms with Crippen LogP contribution in [0.5, 0.6) is 0 Å². The number of primary amides is 1. The summed E-state index contributed by atoms with van der Waals surface area (Å²) in [5.41, 5.74) is 4.61. The lowest BCUT2D eigenvalue weighted by molar-refractivity contribution is 0.0190. The molecule has 0 aliphatic heterocycles. The van der Waals surface area contributed by atoms with E-state index in [2.05, 4.69) is 17.7 Å². The highest BCUT2D eigenvalue weighted by Gasteiger charge is 1.97. The molecule has 0 aromatic heterocycles. The van der Waals surface area contributed by atoms with Crippen LogP contribution in [0.1, 0.15) is 13.3 Å². The van der Waals surface area contributed by atoms with Crippen LogP contribution >= 0.6 is 0 Å². The summed E-state index contributed by atoms with van der Waals surface area (Å²) >= 11 is 0.